The molecule has 5 heteroatoms. The second kappa shape index (κ2) is 22.0. The molecule has 0 N–H and O–H groups in total. The molecule has 4 nitrogen and oxygen atoms in total. The van der Waals surface area contributed by atoms with Crippen LogP contribution < -0.4 is 10.2 Å². The van der Waals surface area contributed by atoms with Gasteiger partial charge >= 0.3 is 37.7 Å². The van der Waals surface area contributed by atoms with Crippen molar-refractivity contribution in [2.24, 2.45) is 10.8 Å². The van der Waals surface area contributed by atoms with Crippen LogP contribution in [0.3, 0.4) is 0 Å². The fourth-order valence-corrected chi connectivity index (χ4v) is 3.26. The molecule has 0 saturated carbocycles. The second-order valence-corrected chi connectivity index (χ2v) is 11.1. The Morgan fingerprint density at radius 2 is 0.710 bits per heavy atom. The van der Waals surface area contributed by atoms with E-state index in [1.54, 1.807) is 0 Å². The second-order valence-electron chi connectivity index (χ2n) is 11.1. The molecule has 0 aliphatic carbocycles. The maximum Gasteiger partial charge on any atom is 2.00 e. The summed E-state index contributed by atoms with van der Waals surface area (Å²) in [5.74, 6) is -1.83. The van der Waals surface area contributed by atoms with Crippen molar-refractivity contribution in [2.45, 2.75) is 144 Å². The van der Waals surface area contributed by atoms with Crippen LogP contribution in [-0.4, -0.2) is 49.7 Å². The van der Waals surface area contributed by atoms with Crippen molar-refractivity contribution in [3.05, 3.63) is 0 Å². The summed E-state index contributed by atoms with van der Waals surface area (Å²) in [4.78, 5) is 20.3. The van der Waals surface area contributed by atoms with Crippen LogP contribution in [0.1, 0.15) is 144 Å². The molecule has 0 fully saturated rings. The van der Waals surface area contributed by atoms with E-state index in [2.05, 4.69) is 41.5 Å². The zero-order valence-corrected chi connectivity index (χ0v) is 23.9. The number of unbranched alkanes of at least 4 members (excludes halogenated alkanes) is 10. The molecule has 0 amide bonds. The first-order chi connectivity index (χ1) is 13.8. The third-order valence-corrected chi connectivity index (χ3v) is 5.12. The zero-order chi connectivity index (χ0) is 23.5. The molecule has 0 aliphatic heterocycles. The summed E-state index contributed by atoms with van der Waals surface area (Å²) in [6, 6.07) is 0. The summed E-state index contributed by atoms with van der Waals surface area (Å²) in [5.41, 5.74) is 0.907. The maximum atomic E-state index is 10.1. The Balaban J connectivity index is -0.000000490. The average molecular weight is 467 g/mol. The van der Waals surface area contributed by atoms with Crippen LogP contribution in [0, 0.1) is 10.8 Å². The van der Waals surface area contributed by atoms with Gasteiger partial charge in [-0.15, -0.1) is 0 Å². The summed E-state index contributed by atoms with van der Waals surface area (Å²) in [6.45, 7) is 13.6. The van der Waals surface area contributed by atoms with Gasteiger partial charge < -0.3 is 19.8 Å². The molecule has 0 heterocycles. The van der Waals surface area contributed by atoms with Gasteiger partial charge in [-0.2, -0.15) is 0 Å². The van der Waals surface area contributed by atoms with Crippen molar-refractivity contribution >= 4 is 49.7 Å². The fourth-order valence-electron chi connectivity index (χ4n) is 3.26. The van der Waals surface area contributed by atoms with Gasteiger partial charge in [0.15, 0.2) is 0 Å². The first kappa shape index (κ1) is 35.8. The molecule has 0 aromatic rings. The number of hydrogen-bond donors (Lipinski definition) is 0. The maximum absolute atomic E-state index is 10.1. The summed E-state index contributed by atoms with van der Waals surface area (Å²) < 4.78 is 0. The number of carbonyl (C=O) groups is 2. The van der Waals surface area contributed by atoms with Gasteiger partial charge in [0.05, 0.1) is 0 Å². The largest absolute Gasteiger partial charge is 2.00 e. The average Bonchev–Trinajstić information content (AvgIpc) is 2.58. The predicted octanol–water partition coefficient (Wildman–Crippen LogP) is 5.43. The van der Waals surface area contributed by atoms with Gasteiger partial charge in [0.1, 0.15) is 0 Å². The Kier molecular flexibility index (Phi) is 25.4. The molecule has 0 atom stereocenters. The van der Waals surface area contributed by atoms with E-state index in [0.717, 1.165) is 38.5 Å². The number of aliphatic carboxylic acids is 2. The molecular weight excluding hydrogens is 416 g/mol. The van der Waals surface area contributed by atoms with E-state index in [9.17, 15) is 19.8 Å². The molecule has 0 aliphatic rings. The summed E-state index contributed by atoms with van der Waals surface area (Å²) in [5, 5.41) is 20.3. The number of carboxylic acid groups (broad SMARTS) is 2. The van der Waals surface area contributed by atoms with Crippen molar-refractivity contribution in [3.8, 4) is 0 Å². The minimum atomic E-state index is -0.914. The number of rotatable bonds is 16. The Morgan fingerprint density at radius 3 is 0.935 bits per heavy atom. The molecule has 0 unspecified atom stereocenters. The SMILES string of the molecule is CC(C)(C)CCCCCCCCC(=O)[O-].CC(C)(C)CCCCCCCCC(=O)[O-].[Ca+2]. The van der Waals surface area contributed by atoms with Crippen molar-refractivity contribution in [2.75, 3.05) is 0 Å². The molecule has 31 heavy (non-hydrogen) atoms. The van der Waals surface area contributed by atoms with Crippen LogP contribution >= 0.6 is 0 Å². The van der Waals surface area contributed by atoms with Gasteiger partial charge in [-0.05, 0) is 49.4 Å². The standard InChI is InChI=1S/2C13H26O2.Ca/c2*1-13(2,3)11-9-7-5-4-6-8-10-12(14)15;/h2*4-11H2,1-3H3,(H,14,15);/q;;+2/p-2. The quantitative estimate of drug-likeness (QED) is 0.224. The van der Waals surface area contributed by atoms with Crippen molar-refractivity contribution in [1.29, 1.82) is 0 Å². The van der Waals surface area contributed by atoms with Crippen LogP contribution in [0.2, 0.25) is 0 Å². The zero-order valence-electron chi connectivity index (χ0n) is 21.7. The molecule has 0 saturated heterocycles. The van der Waals surface area contributed by atoms with E-state index in [4.69, 9.17) is 0 Å². The van der Waals surface area contributed by atoms with Crippen LogP contribution in [0.5, 0.6) is 0 Å². The summed E-state index contributed by atoms with van der Waals surface area (Å²) >= 11 is 0. The molecule has 0 aromatic carbocycles. The molecule has 0 radical (unpaired) electrons. The summed E-state index contributed by atoms with van der Waals surface area (Å²) in [7, 11) is 0. The van der Waals surface area contributed by atoms with Gasteiger partial charge in [0.25, 0.3) is 0 Å². The molecule has 0 aromatic heterocycles. The summed E-state index contributed by atoms with van der Waals surface area (Å²) in [6.07, 6.45) is 16.6. The third kappa shape index (κ3) is 41.0. The van der Waals surface area contributed by atoms with E-state index >= 15 is 0 Å². The Hall–Kier alpha value is 0.200. The van der Waals surface area contributed by atoms with Crippen LogP contribution in [0.15, 0.2) is 0 Å². The van der Waals surface area contributed by atoms with Gasteiger partial charge in [-0.1, -0.05) is 106 Å². The minimum Gasteiger partial charge on any atom is -0.550 e. The van der Waals surface area contributed by atoms with E-state index in [1.165, 1.54) is 51.4 Å². The first-order valence-corrected chi connectivity index (χ1v) is 12.2. The smallest absolute Gasteiger partial charge is 0.550 e. The fraction of sp³-hybridized carbons (Fsp3) is 0.923. The molecular formula is C26H50CaO4. The van der Waals surface area contributed by atoms with Crippen LogP contribution in [-0.2, 0) is 9.59 Å². The number of hydrogen-bond acceptors (Lipinski definition) is 4. The van der Waals surface area contributed by atoms with Gasteiger partial charge in [0, 0.05) is 11.9 Å². The van der Waals surface area contributed by atoms with Crippen molar-refractivity contribution in [3.63, 3.8) is 0 Å². The van der Waals surface area contributed by atoms with Gasteiger partial charge in [-0.3, -0.25) is 0 Å². The topological polar surface area (TPSA) is 80.3 Å². The Morgan fingerprint density at radius 1 is 0.484 bits per heavy atom. The van der Waals surface area contributed by atoms with Gasteiger partial charge in [0.2, 0.25) is 0 Å². The minimum absolute atomic E-state index is 0. The first-order valence-electron chi connectivity index (χ1n) is 12.2. The number of carboxylic acids is 2. The van der Waals surface area contributed by atoms with Crippen molar-refractivity contribution < 1.29 is 19.8 Å². The normalized spacial score (nSPS) is 11.3. The Labute approximate surface area is 223 Å². The van der Waals surface area contributed by atoms with E-state index in [1.807, 2.05) is 0 Å². The molecule has 0 spiro atoms. The van der Waals surface area contributed by atoms with E-state index in [0.29, 0.717) is 10.8 Å². The number of carbonyl (C=O) groups excluding carboxylic acids is 2. The Bertz CT molecular complexity index is 382. The molecule has 0 rings (SSSR count). The molecule has 180 valence electrons. The van der Waals surface area contributed by atoms with E-state index < -0.39 is 11.9 Å². The van der Waals surface area contributed by atoms with E-state index in [-0.39, 0.29) is 50.6 Å². The predicted molar refractivity (Wildman–Crippen MR) is 129 cm³/mol. The van der Waals surface area contributed by atoms with Crippen LogP contribution in [0.25, 0.3) is 0 Å². The van der Waals surface area contributed by atoms with Crippen molar-refractivity contribution in [1.82, 2.24) is 0 Å². The monoisotopic (exact) mass is 466 g/mol. The van der Waals surface area contributed by atoms with Crippen LogP contribution in [0.4, 0.5) is 0 Å². The molecule has 0 bridgehead atoms. The van der Waals surface area contributed by atoms with Gasteiger partial charge in [-0.25, -0.2) is 0 Å². The third-order valence-electron chi connectivity index (χ3n) is 5.12.